The first-order valence-corrected chi connectivity index (χ1v) is 10.2. The molecule has 0 aromatic carbocycles. The minimum absolute atomic E-state index is 0.302. The van der Waals surface area contributed by atoms with Crippen LogP contribution in [0.15, 0.2) is 12.2 Å². The van der Waals surface area contributed by atoms with Gasteiger partial charge in [0.25, 0.3) is 0 Å². The van der Waals surface area contributed by atoms with E-state index in [1.165, 1.54) is 64.7 Å². The van der Waals surface area contributed by atoms with Crippen molar-refractivity contribution < 1.29 is 14.3 Å². The van der Waals surface area contributed by atoms with Crippen LogP contribution in [0.25, 0.3) is 0 Å². The molecule has 0 saturated carbocycles. The number of hydrogen-bond donors (Lipinski definition) is 1. The van der Waals surface area contributed by atoms with Crippen molar-refractivity contribution in [3.63, 3.8) is 0 Å². The Morgan fingerprint density at radius 1 is 0.840 bits per heavy atom. The van der Waals surface area contributed by atoms with Gasteiger partial charge < -0.3 is 10.5 Å². The molecule has 4 nitrogen and oxygen atoms in total. The second-order valence-electron chi connectivity index (χ2n) is 6.92. The molecular formula is C21H39NO3. The largest absolute Gasteiger partial charge is 0.392 e. The second kappa shape index (κ2) is 17.7. The highest BCUT2D eigenvalue weighted by Gasteiger charge is 2.13. The van der Waals surface area contributed by atoms with Crippen LogP contribution in [0.4, 0.5) is 0 Å². The van der Waals surface area contributed by atoms with Crippen LogP contribution in [0, 0.1) is 0 Å². The molecule has 0 spiro atoms. The molecule has 4 heteroatoms. The third-order valence-corrected chi connectivity index (χ3v) is 4.23. The molecule has 146 valence electrons. The van der Waals surface area contributed by atoms with Gasteiger partial charge in [-0.1, -0.05) is 70.4 Å². The van der Waals surface area contributed by atoms with Gasteiger partial charge >= 0.3 is 11.9 Å². The summed E-state index contributed by atoms with van der Waals surface area (Å²) in [7, 11) is 0. The third-order valence-electron chi connectivity index (χ3n) is 4.23. The summed E-state index contributed by atoms with van der Waals surface area (Å²) in [6.07, 6.45) is 20.8. The van der Waals surface area contributed by atoms with Crippen molar-refractivity contribution in [1.82, 2.24) is 0 Å². The highest BCUT2D eigenvalue weighted by molar-refractivity contribution is 5.87. The van der Waals surface area contributed by atoms with E-state index >= 15 is 0 Å². The van der Waals surface area contributed by atoms with Gasteiger partial charge in [-0.3, -0.25) is 4.79 Å². The molecule has 1 atom stereocenters. The summed E-state index contributed by atoms with van der Waals surface area (Å²) in [6.45, 7) is 3.76. The Kier molecular flexibility index (Phi) is 16.8. The van der Waals surface area contributed by atoms with Crippen LogP contribution in [0.5, 0.6) is 0 Å². The Bertz CT molecular complexity index is 364. The summed E-state index contributed by atoms with van der Waals surface area (Å²) in [6, 6.07) is -0.738. The van der Waals surface area contributed by atoms with E-state index in [1.807, 2.05) is 0 Å². The normalized spacial score (nSPS) is 12.4. The van der Waals surface area contributed by atoms with E-state index in [1.54, 1.807) is 0 Å². The SMILES string of the molecule is CCCCCCCC/C=C\CCCCCCCC(=O)OC(=O)C(C)N. The molecule has 2 N–H and O–H groups in total. The molecule has 1 unspecified atom stereocenters. The smallest absolute Gasteiger partial charge is 0.330 e. The Balaban J connectivity index is 3.29. The minimum atomic E-state index is -0.738. The van der Waals surface area contributed by atoms with Crippen LogP contribution in [0.3, 0.4) is 0 Å². The topological polar surface area (TPSA) is 69.4 Å². The van der Waals surface area contributed by atoms with Gasteiger partial charge in [0.05, 0.1) is 0 Å². The first-order valence-electron chi connectivity index (χ1n) is 10.2. The van der Waals surface area contributed by atoms with Crippen molar-refractivity contribution in [3.05, 3.63) is 12.2 Å². The molecule has 0 aromatic rings. The van der Waals surface area contributed by atoms with Gasteiger partial charge in [0.1, 0.15) is 6.04 Å². The molecule has 0 fully saturated rings. The number of hydrogen-bond acceptors (Lipinski definition) is 4. The van der Waals surface area contributed by atoms with Gasteiger partial charge in [0.2, 0.25) is 0 Å². The first-order chi connectivity index (χ1) is 12.1. The maximum absolute atomic E-state index is 11.4. The average molecular weight is 354 g/mol. The Morgan fingerprint density at radius 3 is 1.84 bits per heavy atom. The zero-order chi connectivity index (χ0) is 18.8. The Hall–Kier alpha value is -1.16. The Morgan fingerprint density at radius 2 is 1.32 bits per heavy atom. The van der Waals surface area contributed by atoms with Gasteiger partial charge in [0.15, 0.2) is 0 Å². The molecule has 0 bridgehead atoms. The maximum atomic E-state index is 11.4. The highest BCUT2D eigenvalue weighted by atomic mass is 16.6. The Labute approximate surface area is 154 Å². The second-order valence-corrected chi connectivity index (χ2v) is 6.92. The molecule has 0 aliphatic rings. The lowest BCUT2D eigenvalue weighted by atomic mass is 10.1. The number of carbonyl (C=O) groups is 2. The summed E-state index contributed by atoms with van der Waals surface area (Å²) < 4.78 is 4.62. The van der Waals surface area contributed by atoms with Crippen LogP contribution in [-0.2, 0) is 14.3 Å². The van der Waals surface area contributed by atoms with Crippen LogP contribution in [0.2, 0.25) is 0 Å². The number of ether oxygens (including phenoxy) is 1. The predicted molar refractivity (Wildman–Crippen MR) is 104 cm³/mol. The molecule has 25 heavy (non-hydrogen) atoms. The van der Waals surface area contributed by atoms with Gasteiger partial charge in [-0.2, -0.15) is 0 Å². The van der Waals surface area contributed by atoms with E-state index in [0.717, 1.165) is 25.7 Å². The summed E-state index contributed by atoms with van der Waals surface area (Å²) in [5.74, 6) is -1.10. The fourth-order valence-corrected chi connectivity index (χ4v) is 2.60. The summed E-state index contributed by atoms with van der Waals surface area (Å²) in [5.41, 5.74) is 5.34. The van der Waals surface area contributed by atoms with Crippen LogP contribution in [-0.4, -0.2) is 18.0 Å². The zero-order valence-corrected chi connectivity index (χ0v) is 16.4. The van der Waals surface area contributed by atoms with Crippen molar-refractivity contribution in [2.24, 2.45) is 5.73 Å². The lowest BCUT2D eigenvalue weighted by Crippen LogP contribution is -2.30. The number of carbonyl (C=O) groups excluding carboxylic acids is 2. The maximum Gasteiger partial charge on any atom is 0.330 e. The lowest BCUT2D eigenvalue weighted by Gasteiger charge is -2.05. The van der Waals surface area contributed by atoms with E-state index in [2.05, 4.69) is 23.8 Å². The summed E-state index contributed by atoms with van der Waals surface area (Å²) >= 11 is 0. The third kappa shape index (κ3) is 17.5. The molecule has 0 heterocycles. The minimum Gasteiger partial charge on any atom is -0.392 e. The number of nitrogens with two attached hydrogens (primary N) is 1. The van der Waals surface area contributed by atoms with E-state index in [-0.39, 0.29) is 0 Å². The fraction of sp³-hybridized carbons (Fsp3) is 0.810. The van der Waals surface area contributed by atoms with Crippen LogP contribution >= 0.6 is 0 Å². The van der Waals surface area contributed by atoms with Crippen molar-refractivity contribution in [2.45, 2.75) is 110 Å². The van der Waals surface area contributed by atoms with Gasteiger partial charge in [-0.05, 0) is 39.0 Å². The zero-order valence-electron chi connectivity index (χ0n) is 16.4. The van der Waals surface area contributed by atoms with Crippen molar-refractivity contribution in [2.75, 3.05) is 0 Å². The monoisotopic (exact) mass is 353 g/mol. The average Bonchev–Trinajstić information content (AvgIpc) is 2.58. The van der Waals surface area contributed by atoms with E-state index < -0.39 is 18.0 Å². The number of unbranched alkanes of at least 4 members (excludes halogenated alkanes) is 11. The molecule has 0 aromatic heterocycles. The number of esters is 2. The predicted octanol–water partition coefficient (Wildman–Crippen LogP) is 5.44. The molecule has 0 radical (unpaired) electrons. The lowest BCUT2D eigenvalue weighted by molar-refractivity contribution is -0.160. The van der Waals surface area contributed by atoms with Crippen LogP contribution in [0.1, 0.15) is 104 Å². The van der Waals surface area contributed by atoms with Gasteiger partial charge in [-0.25, -0.2) is 4.79 Å². The van der Waals surface area contributed by atoms with Gasteiger partial charge in [-0.15, -0.1) is 0 Å². The molecular weight excluding hydrogens is 314 g/mol. The summed E-state index contributed by atoms with van der Waals surface area (Å²) in [5, 5.41) is 0. The molecule has 0 amide bonds. The first kappa shape index (κ1) is 23.8. The summed E-state index contributed by atoms with van der Waals surface area (Å²) in [4.78, 5) is 22.5. The standard InChI is InChI=1S/C21H39NO3/c1-3-4-5-6-7-8-9-10-11-12-13-14-15-16-17-18-20(23)25-21(24)19(2)22/h10-11,19H,3-9,12-18,22H2,1-2H3/b11-10-. The molecule has 0 aliphatic heterocycles. The van der Waals surface area contributed by atoms with Gasteiger partial charge in [0, 0.05) is 6.42 Å². The molecule has 0 aliphatic carbocycles. The van der Waals surface area contributed by atoms with Crippen molar-refractivity contribution in [3.8, 4) is 0 Å². The quantitative estimate of drug-likeness (QED) is 0.174. The fourth-order valence-electron chi connectivity index (χ4n) is 2.60. The van der Waals surface area contributed by atoms with Crippen molar-refractivity contribution in [1.29, 1.82) is 0 Å². The van der Waals surface area contributed by atoms with E-state index in [9.17, 15) is 9.59 Å². The van der Waals surface area contributed by atoms with E-state index in [4.69, 9.17) is 5.73 Å². The molecule has 0 saturated heterocycles. The van der Waals surface area contributed by atoms with E-state index in [0.29, 0.717) is 6.42 Å². The van der Waals surface area contributed by atoms with Crippen molar-refractivity contribution >= 4 is 11.9 Å². The molecule has 0 rings (SSSR count). The van der Waals surface area contributed by atoms with Crippen LogP contribution < -0.4 is 5.73 Å². The highest BCUT2D eigenvalue weighted by Crippen LogP contribution is 2.10. The number of rotatable bonds is 16. The number of allylic oxidation sites excluding steroid dienone is 2.